The van der Waals surface area contributed by atoms with Crippen LogP contribution in [0.2, 0.25) is 0 Å². The predicted molar refractivity (Wildman–Crippen MR) is 68.7 cm³/mol. The van der Waals surface area contributed by atoms with E-state index in [1.54, 1.807) is 6.92 Å². The highest BCUT2D eigenvalue weighted by molar-refractivity contribution is 5.83. The van der Waals surface area contributed by atoms with E-state index in [1.165, 1.54) is 0 Å². The molecule has 4 heteroatoms. The number of aliphatic hydroxyl groups excluding tert-OH is 1. The molecule has 0 radical (unpaired) electrons. The van der Waals surface area contributed by atoms with Crippen molar-refractivity contribution in [2.24, 2.45) is 5.41 Å². The lowest BCUT2D eigenvalue weighted by atomic mass is 9.77. The number of nitrogens with one attached hydrogen (secondary N) is 2. The van der Waals surface area contributed by atoms with Gasteiger partial charge in [0.05, 0.1) is 17.7 Å². The number of aliphatic hydroxyl groups is 1. The maximum atomic E-state index is 12.2. The van der Waals surface area contributed by atoms with Gasteiger partial charge in [0.15, 0.2) is 0 Å². The van der Waals surface area contributed by atoms with Gasteiger partial charge < -0.3 is 15.7 Å². The summed E-state index contributed by atoms with van der Waals surface area (Å²) in [6.07, 6.45) is 1.59. The Morgan fingerprint density at radius 1 is 1.53 bits per heavy atom. The van der Waals surface area contributed by atoms with Crippen LogP contribution in [0.15, 0.2) is 0 Å². The van der Waals surface area contributed by atoms with Crippen LogP contribution in [-0.4, -0.2) is 35.2 Å². The monoisotopic (exact) mass is 242 g/mol. The van der Waals surface area contributed by atoms with Crippen molar-refractivity contribution in [3.63, 3.8) is 0 Å². The van der Waals surface area contributed by atoms with E-state index in [-0.39, 0.29) is 17.4 Å². The Morgan fingerprint density at radius 3 is 2.59 bits per heavy atom. The lowest BCUT2D eigenvalue weighted by Crippen LogP contribution is -2.61. The molecule has 17 heavy (non-hydrogen) atoms. The van der Waals surface area contributed by atoms with Gasteiger partial charge in [-0.1, -0.05) is 13.8 Å². The third-order valence-corrected chi connectivity index (χ3v) is 3.88. The highest BCUT2D eigenvalue weighted by Crippen LogP contribution is 2.30. The molecule has 100 valence electrons. The lowest BCUT2D eigenvalue weighted by Gasteiger charge is -2.40. The second-order valence-corrected chi connectivity index (χ2v) is 6.37. The second-order valence-electron chi connectivity index (χ2n) is 6.37. The third-order valence-electron chi connectivity index (χ3n) is 3.88. The summed E-state index contributed by atoms with van der Waals surface area (Å²) in [6.45, 7) is 10.5. The van der Waals surface area contributed by atoms with Crippen molar-refractivity contribution in [3.05, 3.63) is 0 Å². The molecule has 0 aromatic rings. The van der Waals surface area contributed by atoms with Crippen LogP contribution in [0.1, 0.15) is 47.5 Å². The molecule has 1 rings (SSSR count). The van der Waals surface area contributed by atoms with Crippen LogP contribution in [0.4, 0.5) is 0 Å². The van der Waals surface area contributed by atoms with Gasteiger partial charge in [-0.25, -0.2) is 0 Å². The van der Waals surface area contributed by atoms with Crippen molar-refractivity contribution >= 4 is 5.91 Å². The Kier molecular flexibility index (Phi) is 4.20. The molecule has 0 saturated carbocycles. The van der Waals surface area contributed by atoms with E-state index in [0.717, 1.165) is 19.4 Å². The lowest BCUT2D eigenvalue weighted by molar-refractivity contribution is -0.129. The van der Waals surface area contributed by atoms with Crippen LogP contribution in [0, 0.1) is 5.41 Å². The summed E-state index contributed by atoms with van der Waals surface area (Å²) < 4.78 is 0. The molecule has 1 saturated heterocycles. The van der Waals surface area contributed by atoms with E-state index >= 15 is 0 Å². The van der Waals surface area contributed by atoms with Crippen molar-refractivity contribution in [1.29, 1.82) is 0 Å². The highest BCUT2D eigenvalue weighted by atomic mass is 16.3. The van der Waals surface area contributed by atoms with Crippen molar-refractivity contribution < 1.29 is 9.90 Å². The van der Waals surface area contributed by atoms with Gasteiger partial charge in [0, 0.05) is 0 Å². The number of carbonyl (C=O) groups excluding carboxylic acids is 1. The van der Waals surface area contributed by atoms with E-state index in [2.05, 4.69) is 24.5 Å². The molecule has 2 atom stereocenters. The first-order valence-corrected chi connectivity index (χ1v) is 6.40. The highest BCUT2D eigenvalue weighted by Gasteiger charge is 2.39. The van der Waals surface area contributed by atoms with Crippen molar-refractivity contribution in [3.8, 4) is 0 Å². The zero-order valence-electron chi connectivity index (χ0n) is 11.6. The SMILES string of the molecule is CC(O)C(C)(C)NC(=O)C1NCCCC1(C)C. The summed E-state index contributed by atoms with van der Waals surface area (Å²) in [4.78, 5) is 12.2. The maximum Gasteiger partial charge on any atom is 0.238 e. The fourth-order valence-corrected chi connectivity index (χ4v) is 2.15. The van der Waals surface area contributed by atoms with E-state index in [0.29, 0.717) is 0 Å². The van der Waals surface area contributed by atoms with E-state index in [1.807, 2.05) is 13.8 Å². The average Bonchev–Trinajstić information content (AvgIpc) is 2.15. The largest absolute Gasteiger partial charge is 0.391 e. The van der Waals surface area contributed by atoms with Gasteiger partial charge in [-0.05, 0) is 45.6 Å². The number of hydrogen-bond acceptors (Lipinski definition) is 3. The summed E-state index contributed by atoms with van der Waals surface area (Å²) in [5.41, 5.74) is -0.622. The first-order chi connectivity index (χ1) is 7.67. The minimum absolute atomic E-state index is 0.0133. The normalized spacial score (nSPS) is 26.4. The fourth-order valence-electron chi connectivity index (χ4n) is 2.15. The molecule has 0 aromatic carbocycles. The summed E-state index contributed by atoms with van der Waals surface area (Å²) in [6, 6.07) is -0.172. The summed E-state index contributed by atoms with van der Waals surface area (Å²) in [5, 5.41) is 15.8. The summed E-state index contributed by atoms with van der Waals surface area (Å²) in [5.74, 6) is -0.0133. The Labute approximate surface area is 104 Å². The molecular formula is C13H26N2O2. The molecule has 0 bridgehead atoms. The van der Waals surface area contributed by atoms with Crippen molar-refractivity contribution in [1.82, 2.24) is 10.6 Å². The topological polar surface area (TPSA) is 61.4 Å². The number of carbonyl (C=O) groups is 1. The molecule has 1 heterocycles. The maximum absolute atomic E-state index is 12.2. The average molecular weight is 242 g/mol. The fraction of sp³-hybridized carbons (Fsp3) is 0.923. The smallest absolute Gasteiger partial charge is 0.238 e. The first-order valence-electron chi connectivity index (χ1n) is 6.40. The van der Waals surface area contributed by atoms with E-state index < -0.39 is 11.6 Å². The van der Waals surface area contributed by atoms with Gasteiger partial charge in [0.25, 0.3) is 0 Å². The first kappa shape index (κ1) is 14.5. The molecule has 3 N–H and O–H groups in total. The minimum atomic E-state index is -0.591. The second kappa shape index (κ2) is 4.94. The zero-order chi connectivity index (χ0) is 13.3. The number of piperidine rings is 1. The van der Waals surface area contributed by atoms with Crippen LogP contribution in [0.25, 0.3) is 0 Å². The molecule has 2 unspecified atom stereocenters. The molecule has 0 aliphatic carbocycles. The van der Waals surface area contributed by atoms with Crippen LogP contribution < -0.4 is 10.6 Å². The molecule has 1 aliphatic rings. The summed E-state index contributed by atoms with van der Waals surface area (Å²) >= 11 is 0. The van der Waals surface area contributed by atoms with Crippen molar-refractivity contribution in [2.75, 3.05) is 6.54 Å². The molecule has 1 amide bonds. The molecule has 0 aromatic heterocycles. The molecule has 1 fully saturated rings. The van der Waals surface area contributed by atoms with Crippen LogP contribution in [0.5, 0.6) is 0 Å². The van der Waals surface area contributed by atoms with Crippen LogP contribution in [0.3, 0.4) is 0 Å². The van der Waals surface area contributed by atoms with Gasteiger partial charge >= 0.3 is 0 Å². The molecule has 4 nitrogen and oxygen atoms in total. The Morgan fingerprint density at radius 2 is 2.12 bits per heavy atom. The number of hydrogen-bond donors (Lipinski definition) is 3. The van der Waals surface area contributed by atoms with Gasteiger partial charge in [0.1, 0.15) is 0 Å². The molecule has 1 aliphatic heterocycles. The van der Waals surface area contributed by atoms with Gasteiger partial charge in [0.2, 0.25) is 5.91 Å². The minimum Gasteiger partial charge on any atom is -0.391 e. The van der Waals surface area contributed by atoms with Gasteiger partial charge in [-0.2, -0.15) is 0 Å². The quantitative estimate of drug-likeness (QED) is 0.693. The number of rotatable bonds is 3. The number of amides is 1. The Balaban J connectivity index is 2.70. The van der Waals surface area contributed by atoms with Gasteiger partial charge in [-0.15, -0.1) is 0 Å². The van der Waals surface area contributed by atoms with Gasteiger partial charge in [-0.3, -0.25) is 4.79 Å². The van der Waals surface area contributed by atoms with E-state index in [4.69, 9.17) is 0 Å². The van der Waals surface area contributed by atoms with Crippen LogP contribution >= 0.6 is 0 Å². The Bertz CT molecular complexity index is 285. The van der Waals surface area contributed by atoms with Crippen LogP contribution in [-0.2, 0) is 4.79 Å². The Hall–Kier alpha value is -0.610. The standard InChI is InChI=1S/C13H26N2O2/c1-9(16)13(4,5)15-11(17)10-12(2,3)7-6-8-14-10/h9-10,14,16H,6-8H2,1-5H3,(H,15,17). The van der Waals surface area contributed by atoms with Crippen molar-refractivity contribution in [2.45, 2.75) is 65.1 Å². The molecule has 0 spiro atoms. The third kappa shape index (κ3) is 3.42. The zero-order valence-corrected chi connectivity index (χ0v) is 11.6. The molecular weight excluding hydrogens is 216 g/mol. The summed E-state index contributed by atoms with van der Waals surface area (Å²) in [7, 11) is 0. The predicted octanol–water partition coefficient (Wildman–Crippen LogP) is 1.04. The van der Waals surface area contributed by atoms with E-state index in [9.17, 15) is 9.90 Å².